The predicted molar refractivity (Wildman–Crippen MR) is 177 cm³/mol. The first-order chi connectivity index (χ1) is 20.2. The Labute approximate surface area is 257 Å². The summed E-state index contributed by atoms with van der Waals surface area (Å²) in [6.45, 7) is 14.5. The fourth-order valence-corrected chi connectivity index (χ4v) is 8.82. The van der Waals surface area contributed by atoms with Crippen LogP contribution in [0, 0.1) is 0 Å². The lowest BCUT2D eigenvalue weighted by Crippen LogP contribution is -2.56. The summed E-state index contributed by atoms with van der Waals surface area (Å²) in [5, 5.41) is 0.154. The SMILES string of the molecule is CC(C)(C)[Si](C)(C)O[C@H]1C[C@@H](OCc2ccccc2)[C@H](CCOCc2ccccc2)O[C@@H]1CB1C2CCCC1CCC2. The van der Waals surface area contributed by atoms with E-state index in [1.165, 1.54) is 49.7 Å². The van der Waals surface area contributed by atoms with Gasteiger partial charge in [-0.15, -0.1) is 0 Å². The van der Waals surface area contributed by atoms with Gasteiger partial charge in [-0.05, 0) is 42.0 Å². The van der Waals surface area contributed by atoms with E-state index in [1.807, 2.05) is 0 Å². The third-order valence-electron chi connectivity index (χ3n) is 10.9. The van der Waals surface area contributed by atoms with Crippen molar-refractivity contribution in [3.8, 4) is 0 Å². The first-order valence-corrected chi connectivity index (χ1v) is 19.7. The maximum absolute atomic E-state index is 7.24. The number of hydrogen-bond acceptors (Lipinski definition) is 4. The Bertz CT molecular complexity index is 1050. The molecule has 5 rings (SSSR count). The van der Waals surface area contributed by atoms with Gasteiger partial charge in [0.2, 0.25) is 0 Å². The zero-order valence-corrected chi connectivity index (χ0v) is 27.9. The maximum atomic E-state index is 7.24. The normalized spacial score (nSPS) is 28.5. The molecule has 2 aromatic carbocycles. The van der Waals surface area contributed by atoms with Crippen LogP contribution >= 0.6 is 0 Å². The lowest BCUT2D eigenvalue weighted by atomic mass is 9.25. The average Bonchev–Trinajstić information content (AvgIpc) is 2.96. The molecule has 0 radical (unpaired) electrons. The zero-order chi connectivity index (χ0) is 29.6. The van der Waals surface area contributed by atoms with Crippen molar-refractivity contribution in [3.05, 3.63) is 71.8 Å². The molecule has 3 saturated heterocycles. The van der Waals surface area contributed by atoms with Crippen molar-refractivity contribution >= 4 is 15.0 Å². The van der Waals surface area contributed by atoms with Crippen LogP contribution in [0.15, 0.2) is 60.7 Å². The standard InChI is InChI=1S/C36H55BO4Si/c1-36(2,3)42(4,5)41-34-24-33(39-27-29-16-10-7-11-17-29)32(22-23-38-26-28-14-8-6-9-15-28)40-35(34)25-37-30-18-12-19-31(37)21-13-20-30/h6-11,14-17,30-35H,12-13,18-27H2,1-5H3/t30?,31?,32-,33+,34-,35+/m0/s1. The van der Waals surface area contributed by atoms with Crippen LogP contribution in [0.1, 0.15) is 83.3 Å². The average molecular weight is 591 g/mol. The minimum Gasteiger partial charge on any atom is -0.411 e. The number of hydrogen-bond donors (Lipinski definition) is 0. The highest BCUT2D eigenvalue weighted by atomic mass is 28.4. The molecular weight excluding hydrogens is 535 g/mol. The smallest absolute Gasteiger partial charge is 0.192 e. The van der Waals surface area contributed by atoms with Gasteiger partial charge in [0.05, 0.1) is 37.6 Å². The molecular formula is C36H55BO4Si. The molecule has 0 aromatic heterocycles. The highest BCUT2D eigenvalue weighted by molar-refractivity contribution is 6.74. The van der Waals surface area contributed by atoms with Crippen LogP contribution in [0.2, 0.25) is 36.1 Å². The van der Waals surface area contributed by atoms with Gasteiger partial charge in [-0.25, -0.2) is 0 Å². The van der Waals surface area contributed by atoms with Crippen molar-refractivity contribution < 1.29 is 18.6 Å². The number of fused-ring (bicyclic) bond motifs is 2. The van der Waals surface area contributed by atoms with E-state index in [0.717, 1.165) is 37.5 Å². The lowest BCUT2D eigenvalue weighted by molar-refractivity contribution is -0.183. The monoisotopic (exact) mass is 590 g/mol. The third-order valence-corrected chi connectivity index (χ3v) is 15.4. The first kappa shape index (κ1) is 32.0. The molecule has 0 unspecified atom stereocenters. The van der Waals surface area contributed by atoms with Crippen LogP contribution in [0.3, 0.4) is 0 Å². The van der Waals surface area contributed by atoms with E-state index >= 15 is 0 Å². The summed E-state index contributed by atoms with van der Waals surface area (Å²) < 4.78 is 27.3. The van der Waals surface area contributed by atoms with Gasteiger partial charge in [0.1, 0.15) is 6.71 Å². The Morgan fingerprint density at radius 1 is 0.786 bits per heavy atom. The van der Waals surface area contributed by atoms with Crippen LogP contribution in [-0.4, -0.2) is 46.1 Å². The molecule has 6 heteroatoms. The molecule has 3 heterocycles. The summed E-state index contributed by atoms with van der Waals surface area (Å²) in [5.41, 5.74) is 2.42. The minimum atomic E-state index is -2.00. The van der Waals surface area contributed by atoms with E-state index in [-0.39, 0.29) is 29.5 Å². The molecule has 0 N–H and O–H groups in total. The van der Waals surface area contributed by atoms with Crippen LogP contribution < -0.4 is 0 Å². The van der Waals surface area contributed by atoms with Crippen molar-refractivity contribution in [2.75, 3.05) is 6.61 Å². The van der Waals surface area contributed by atoms with Gasteiger partial charge in [0, 0.05) is 13.0 Å². The van der Waals surface area contributed by atoms with E-state index < -0.39 is 8.32 Å². The molecule has 0 saturated carbocycles. The molecule has 2 aromatic rings. The van der Waals surface area contributed by atoms with E-state index in [1.54, 1.807) is 0 Å². The first-order valence-electron chi connectivity index (χ1n) is 16.8. The molecule has 4 atom stereocenters. The predicted octanol–water partition coefficient (Wildman–Crippen LogP) is 9.33. The van der Waals surface area contributed by atoms with Crippen LogP contribution in [-0.2, 0) is 31.9 Å². The van der Waals surface area contributed by atoms with Gasteiger partial charge in [0.25, 0.3) is 0 Å². The molecule has 42 heavy (non-hydrogen) atoms. The van der Waals surface area contributed by atoms with Crippen molar-refractivity contribution in [1.29, 1.82) is 0 Å². The summed E-state index contributed by atoms with van der Waals surface area (Å²) in [4.78, 5) is 0. The number of ether oxygens (including phenoxy) is 3. The Morgan fingerprint density at radius 3 is 1.93 bits per heavy atom. The number of benzene rings is 2. The fourth-order valence-electron chi connectivity index (χ4n) is 7.46. The van der Waals surface area contributed by atoms with Gasteiger partial charge in [-0.2, -0.15) is 0 Å². The number of rotatable bonds is 12. The summed E-state index contributed by atoms with van der Waals surface area (Å²) in [5.74, 6) is 1.74. The van der Waals surface area contributed by atoms with Gasteiger partial charge >= 0.3 is 0 Å². The van der Waals surface area contributed by atoms with Crippen molar-refractivity contribution in [1.82, 2.24) is 0 Å². The van der Waals surface area contributed by atoms with Crippen LogP contribution in [0.25, 0.3) is 0 Å². The topological polar surface area (TPSA) is 36.9 Å². The van der Waals surface area contributed by atoms with E-state index in [0.29, 0.717) is 19.8 Å². The largest absolute Gasteiger partial charge is 0.411 e. The Kier molecular flexibility index (Phi) is 11.1. The highest BCUT2D eigenvalue weighted by Crippen LogP contribution is 2.49. The van der Waals surface area contributed by atoms with E-state index in [9.17, 15) is 0 Å². The summed E-state index contributed by atoms with van der Waals surface area (Å²) in [7, 11) is -2.00. The Hall–Kier alpha value is -1.44. The third kappa shape index (κ3) is 8.38. The highest BCUT2D eigenvalue weighted by Gasteiger charge is 2.48. The Morgan fingerprint density at radius 2 is 1.36 bits per heavy atom. The van der Waals surface area contributed by atoms with E-state index in [2.05, 4.69) is 94.5 Å². The molecule has 0 amide bonds. The molecule has 230 valence electrons. The Balaban J connectivity index is 1.33. The second kappa shape index (κ2) is 14.6. The molecule has 3 aliphatic rings. The molecule has 2 bridgehead atoms. The quantitative estimate of drug-likeness (QED) is 0.182. The van der Waals surface area contributed by atoms with Crippen molar-refractivity contribution in [2.24, 2.45) is 0 Å². The molecule has 4 nitrogen and oxygen atoms in total. The van der Waals surface area contributed by atoms with Gasteiger partial charge in [0.15, 0.2) is 8.32 Å². The fraction of sp³-hybridized carbons (Fsp3) is 0.667. The second-order valence-electron chi connectivity index (χ2n) is 14.8. The maximum Gasteiger partial charge on any atom is 0.192 e. The van der Waals surface area contributed by atoms with Gasteiger partial charge in [-0.3, -0.25) is 0 Å². The second-order valence-corrected chi connectivity index (χ2v) is 19.6. The van der Waals surface area contributed by atoms with Crippen molar-refractivity contribution in [3.63, 3.8) is 0 Å². The minimum absolute atomic E-state index is 0.0113. The molecule has 3 aliphatic heterocycles. The van der Waals surface area contributed by atoms with Crippen LogP contribution in [0.4, 0.5) is 0 Å². The zero-order valence-electron chi connectivity index (χ0n) is 26.9. The lowest BCUT2D eigenvalue weighted by Gasteiger charge is -2.49. The summed E-state index contributed by atoms with van der Waals surface area (Å²) in [6, 6.07) is 21.0. The van der Waals surface area contributed by atoms with E-state index in [4.69, 9.17) is 18.6 Å². The van der Waals surface area contributed by atoms with Gasteiger partial charge in [-0.1, -0.05) is 132 Å². The molecule has 0 aliphatic carbocycles. The summed E-state index contributed by atoms with van der Waals surface area (Å²) >= 11 is 0. The van der Waals surface area contributed by atoms with Crippen LogP contribution in [0.5, 0.6) is 0 Å². The molecule has 0 spiro atoms. The summed E-state index contributed by atoms with van der Waals surface area (Å²) in [6.07, 6.45) is 11.5. The van der Waals surface area contributed by atoms with Gasteiger partial charge < -0.3 is 18.6 Å². The van der Waals surface area contributed by atoms with Crippen molar-refractivity contribution in [2.45, 2.75) is 146 Å². The molecule has 3 fully saturated rings.